The van der Waals surface area contributed by atoms with Crippen LogP contribution in [0.1, 0.15) is 79.7 Å². The molecule has 0 bridgehead atoms. The highest BCUT2D eigenvalue weighted by atomic mass is 16.1. The van der Waals surface area contributed by atoms with Crippen LogP contribution in [0.5, 0.6) is 0 Å². The van der Waals surface area contributed by atoms with Crippen molar-refractivity contribution >= 4 is 11.4 Å². The fourth-order valence-electron chi connectivity index (χ4n) is 9.41. The van der Waals surface area contributed by atoms with E-state index in [9.17, 15) is 4.79 Å². The molecule has 1 saturated carbocycles. The number of fused-ring (bicyclic) bond motifs is 6. The molecule has 5 unspecified atom stereocenters. The number of aryl methyl sites for hydroxylation is 1. The van der Waals surface area contributed by atoms with Gasteiger partial charge in [0.15, 0.2) is 5.78 Å². The molecule has 1 heteroatoms. The molecule has 10 rings (SSSR count). The van der Waals surface area contributed by atoms with Crippen LogP contribution >= 0.6 is 0 Å². The van der Waals surface area contributed by atoms with Crippen molar-refractivity contribution in [2.45, 2.75) is 36.5 Å². The second-order valence-corrected chi connectivity index (χ2v) is 12.6. The van der Waals surface area contributed by atoms with Crippen LogP contribution in [0.25, 0.3) is 16.7 Å². The first-order valence-electron chi connectivity index (χ1n) is 15.2. The van der Waals surface area contributed by atoms with Crippen LogP contribution < -0.4 is 0 Å². The molecule has 42 heavy (non-hydrogen) atoms. The second-order valence-electron chi connectivity index (χ2n) is 12.6. The molecule has 0 amide bonds. The SMILES string of the molecule is Cc1cc2c3c4c1-c1ccccc1C4C=C1C(c4ccccc4)C(=O)C4C(=C(c5ccccc54)C2c2ccccc2)C13. The molecule has 0 aliphatic heterocycles. The van der Waals surface area contributed by atoms with Gasteiger partial charge < -0.3 is 0 Å². The molecule has 5 atom stereocenters. The van der Waals surface area contributed by atoms with Crippen molar-refractivity contribution in [2.75, 3.05) is 0 Å². The summed E-state index contributed by atoms with van der Waals surface area (Å²) in [6, 6.07) is 41.8. The normalized spacial score (nSPS) is 25.1. The summed E-state index contributed by atoms with van der Waals surface area (Å²) in [5.74, 6) is 0.277. The molecule has 198 valence electrons. The zero-order valence-electron chi connectivity index (χ0n) is 23.3. The van der Waals surface area contributed by atoms with Gasteiger partial charge in [-0.05, 0) is 84.8 Å². The number of carbonyl (C=O) groups excluding carboxylic acids is 1. The van der Waals surface area contributed by atoms with Gasteiger partial charge in [0.1, 0.15) is 0 Å². The number of ketones is 1. The maximum absolute atomic E-state index is 15.0. The Morgan fingerprint density at radius 1 is 0.548 bits per heavy atom. The van der Waals surface area contributed by atoms with Crippen LogP contribution in [-0.2, 0) is 4.79 Å². The summed E-state index contributed by atoms with van der Waals surface area (Å²) in [4.78, 5) is 15.0. The second kappa shape index (κ2) is 7.95. The van der Waals surface area contributed by atoms with E-state index in [0.717, 1.165) is 5.56 Å². The third kappa shape index (κ3) is 2.64. The van der Waals surface area contributed by atoms with Crippen LogP contribution in [0, 0.1) is 6.92 Å². The van der Waals surface area contributed by atoms with Gasteiger partial charge >= 0.3 is 0 Å². The van der Waals surface area contributed by atoms with E-state index in [2.05, 4.69) is 128 Å². The number of rotatable bonds is 2. The van der Waals surface area contributed by atoms with Crippen LogP contribution in [0.3, 0.4) is 0 Å². The Balaban J connectivity index is 1.38. The quantitative estimate of drug-likeness (QED) is 0.206. The zero-order chi connectivity index (χ0) is 27.7. The van der Waals surface area contributed by atoms with E-state index in [0.29, 0.717) is 5.78 Å². The Bertz CT molecular complexity index is 2080. The lowest BCUT2D eigenvalue weighted by Crippen LogP contribution is -2.37. The monoisotopic (exact) mass is 536 g/mol. The number of allylic oxidation sites excluding steroid dienone is 4. The Morgan fingerprint density at radius 3 is 1.90 bits per heavy atom. The first-order chi connectivity index (χ1) is 20.7. The van der Waals surface area contributed by atoms with E-state index in [1.54, 1.807) is 0 Å². The molecule has 5 aromatic rings. The molecule has 1 fully saturated rings. The van der Waals surface area contributed by atoms with E-state index in [1.165, 1.54) is 72.4 Å². The minimum atomic E-state index is -0.246. The van der Waals surface area contributed by atoms with E-state index in [1.807, 2.05) is 0 Å². The fraction of sp³-hybridized carbons (Fsp3) is 0.146. The first kappa shape index (κ1) is 22.9. The molecule has 0 radical (unpaired) electrons. The fourth-order valence-corrected chi connectivity index (χ4v) is 9.41. The lowest BCUT2D eigenvalue weighted by atomic mass is 9.55. The standard InChI is InChI=1S/C41H28O/c1-22-20-30-33(23-12-4-2-5-13-23)35-27-18-10-11-19-28(27)39-40(35)38-31(34(41(39)42)24-14-6-3-7-15-24)21-29-25-16-8-9-17-26(25)32(22)36(29)37(30)38/h2-21,29,33-34,38-39H,1H3. The summed E-state index contributed by atoms with van der Waals surface area (Å²) in [5.41, 5.74) is 18.8. The predicted octanol–water partition coefficient (Wildman–Crippen LogP) is 9.19. The smallest absolute Gasteiger partial charge is 0.155 e. The summed E-state index contributed by atoms with van der Waals surface area (Å²) >= 11 is 0. The lowest BCUT2D eigenvalue weighted by Gasteiger charge is -2.47. The van der Waals surface area contributed by atoms with E-state index in [-0.39, 0.29) is 29.6 Å². The van der Waals surface area contributed by atoms with E-state index >= 15 is 0 Å². The van der Waals surface area contributed by atoms with Crippen molar-refractivity contribution in [3.63, 3.8) is 0 Å². The number of carbonyl (C=O) groups is 1. The molecule has 0 saturated heterocycles. The van der Waals surface area contributed by atoms with Gasteiger partial charge in [-0.1, -0.05) is 121 Å². The maximum atomic E-state index is 15.0. The van der Waals surface area contributed by atoms with Gasteiger partial charge in [-0.25, -0.2) is 0 Å². The summed E-state index contributed by atoms with van der Waals surface area (Å²) in [5, 5.41) is 0. The van der Waals surface area contributed by atoms with Gasteiger partial charge in [0, 0.05) is 17.8 Å². The summed E-state index contributed by atoms with van der Waals surface area (Å²) < 4.78 is 0. The number of benzene rings is 5. The molecule has 1 nitrogen and oxygen atoms in total. The third-order valence-corrected chi connectivity index (χ3v) is 10.8. The van der Waals surface area contributed by atoms with Crippen molar-refractivity contribution in [1.29, 1.82) is 0 Å². The topological polar surface area (TPSA) is 17.1 Å². The molecule has 0 aromatic heterocycles. The molecule has 0 heterocycles. The Hall–Kier alpha value is -4.75. The van der Waals surface area contributed by atoms with Crippen LogP contribution in [0.15, 0.2) is 132 Å². The Labute approximate surface area is 245 Å². The van der Waals surface area contributed by atoms with E-state index in [4.69, 9.17) is 0 Å². The maximum Gasteiger partial charge on any atom is 0.155 e. The number of hydrogen-bond acceptors (Lipinski definition) is 1. The van der Waals surface area contributed by atoms with Crippen molar-refractivity contribution in [3.8, 4) is 11.1 Å². The summed E-state index contributed by atoms with van der Waals surface area (Å²) in [6.45, 7) is 2.30. The molecule has 0 spiro atoms. The summed E-state index contributed by atoms with van der Waals surface area (Å²) in [7, 11) is 0. The molecule has 0 N–H and O–H groups in total. The number of Topliss-reactive ketones (excluding diaryl/α,β-unsaturated/α-hetero) is 1. The summed E-state index contributed by atoms with van der Waals surface area (Å²) in [6.07, 6.45) is 2.51. The molecular weight excluding hydrogens is 508 g/mol. The van der Waals surface area contributed by atoms with E-state index < -0.39 is 0 Å². The molecule has 5 aliphatic carbocycles. The Morgan fingerprint density at radius 2 is 1.17 bits per heavy atom. The highest BCUT2D eigenvalue weighted by molar-refractivity contribution is 6.08. The van der Waals surface area contributed by atoms with Gasteiger partial charge in [-0.15, -0.1) is 0 Å². The zero-order valence-corrected chi connectivity index (χ0v) is 23.3. The Kier molecular flexibility index (Phi) is 4.33. The first-order valence-corrected chi connectivity index (χ1v) is 15.2. The van der Waals surface area contributed by atoms with Crippen molar-refractivity contribution in [2.24, 2.45) is 0 Å². The highest BCUT2D eigenvalue weighted by Gasteiger charge is 2.57. The average Bonchev–Trinajstić information content (AvgIpc) is 3.55. The molecule has 5 aliphatic rings. The van der Waals surface area contributed by atoms with Gasteiger partial charge in [-0.3, -0.25) is 4.79 Å². The van der Waals surface area contributed by atoms with Gasteiger partial charge in [0.05, 0.1) is 11.8 Å². The number of hydrogen-bond donors (Lipinski definition) is 0. The van der Waals surface area contributed by atoms with Gasteiger partial charge in [0.25, 0.3) is 0 Å². The largest absolute Gasteiger partial charge is 0.298 e. The van der Waals surface area contributed by atoms with Gasteiger partial charge in [-0.2, -0.15) is 0 Å². The molecule has 5 aromatic carbocycles. The van der Waals surface area contributed by atoms with Crippen LogP contribution in [0.2, 0.25) is 0 Å². The van der Waals surface area contributed by atoms with Gasteiger partial charge in [0.2, 0.25) is 0 Å². The highest BCUT2D eigenvalue weighted by Crippen LogP contribution is 2.69. The third-order valence-electron chi connectivity index (χ3n) is 10.8. The van der Waals surface area contributed by atoms with Crippen LogP contribution in [-0.4, -0.2) is 5.78 Å². The predicted molar refractivity (Wildman–Crippen MR) is 168 cm³/mol. The van der Waals surface area contributed by atoms with Crippen molar-refractivity contribution in [3.05, 3.63) is 183 Å². The van der Waals surface area contributed by atoms with Crippen LogP contribution in [0.4, 0.5) is 0 Å². The van der Waals surface area contributed by atoms with Crippen molar-refractivity contribution < 1.29 is 4.79 Å². The average molecular weight is 537 g/mol. The van der Waals surface area contributed by atoms with Crippen molar-refractivity contribution in [1.82, 2.24) is 0 Å². The minimum Gasteiger partial charge on any atom is -0.298 e. The lowest BCUT2D eigenvalue weighted by molar-refractivity contribution is -0.121. The molecular formula is C41H28O. The minimum absolute atomic E-state index is 0.104.